The minimum Gasteiger partial charge on any atom is -0.392 e. The van der Waals surface area contributed by atoms with Crippen molar-refractivity contribution < 1.29 is 37.7 Å². The van der Waals surface area contributed by atoms with Crippen LogP contribution < -0.4 is 10.6 Å². The lowest BCUT2D eigenvalue weighted by Gasteiger charge is -2.46. The summed E-state index contributed by atoms with van der Waals surface area (Å²) in [6.45, 7) is 3.07. The van der Waals surface area contributed by atoms with Gasteiger partial charge in [0, 0.05) is 17.8 Å². The average Bonchev–Trinajstić information content (AvgIpc) is 3.01. The van der Waals surface area contributed by atoms with Crippen LogP contribution in [0.2, 0.25) is 5.02 Å². The quantitative estimate of drug-likeness (QED) is 0.321. The van der Waals surface area contributed by atoms with Crippen LogP contribution in [-0.4, -0.2) is 58.7 Å². The number of hydrogen-bond acceptors (Lipinski definition) is 7. The largest absolute Gasteiger partial charge is 0.392 e. The molecule has 12 heteroatoms. The van der Waals surface area contributed by atoms with Crippen molar-refractivity contribution in [2.75, 3.05) is 11.9 Å². The van der Waals surface area contributed by atoms with Crippen LogP contribution in [0, 0.1) is 24.6 Å². The second kappa shape index (κ2) is 10.8. The molecule has 2 fully saturated rings. The second-order valence-electron chi connectivity index (χ2n) is 10.7. The van der Waals surface area contributed by atoms with E-state index in [0.29, 0.717) is 24.1 Å². The lowest BCUT2D eigenvalue weighted by Crippen LogP contribution is -2.56. The van der Waals surface area contributed by atoms with Crippen molar-refractivity contribution in [3.8, 4) is 0 Å². The van der Waals surface area contributed by atoms with Gasteiger partial charge in [-0.15, -0.1) is 0 Å². The molecule has 4 rings (SSSR count). The highest BCUT2D eigenvalue weighted by atomic mass is 35.5. The minimum absolute atomic E-state index is 0.0196. The zero-order valence-corrected chi connectivity index (χ0v) is 23.2. The van der Waals surface area contributed by atoms with Gasteiger partial charge in [-0.3, -0.25) is 9.59 Å². The maximum Gasteiger partial charge on any atom is 0.255 e. The van der Waals surface area contributed by atoms with Crippen LogP contribution in [0.5, 0.6) is 0 Å². The van der Waals surface area contributed by atoms with Gasteiger partial charge >= 0.3 is 0 Å². The third kappa shape index (κ3) is 5.69. The topological polar surface area (TPSA) is 153 Å². The molecule has 2 aromatic carbocycles. The van der Waals surface area contributed by atoms with Crippen LogP contribution in [-0.2, 0) is 14.6 Å². The number of nitrogens with one attached hydrogen (secondary N) is 2. The van der Waals surface area contributed by atoms with E-state index < -0.39 is 60.8 Å². The number of aliphatic hydroxyl groups excluding tert-OH is 1. The molecule has 0 spiro atoms. The highest BCUT2D eigenvalue weighted by Crippen LogP contribution is 2.56. The number of hydrogen-bond donors (Lipinski definition) is 5. The van der Waals surface area contributed by atoms with Gasteiger partial charge < -0.3 is 26.0 Å². The van der Waals surface area contributed by atoms with Crippen LogP contribution in [0.25, 0.3) is 0 Å². The molecule has 39 heavy (non-hydrogen) atoms. The van der Waals surface area contributed by atoms with Gasteiger partial charge in [0.05, 0.1) is 28.0 Å². The molecule has 0 aliphatic heterocycles. The van der Waals surface area contributed by atoms with Crippen molar-refractivity contribution in [3.63, 3.8) is 0 Å². The molecule has 0 heterocycles. The number of aryl methyl sites for hydroxylation is 1. The zero-order chi connectivity index (χ0) is 28.8. The molecule has 2 saturated carbocycles. The molecule has 2 amide bonds. The van der Waals surface area contributed by atoms with E-state index in [1.54, 1.807) is 6.92 Å². The summed E-state index contributed by atoms with van der Waals surface area (Å²) >= 11 is 6.25. The van der Waals surface area contributed by atoms with E-state index in [0.717, 1.165) is 6.07 Å². The SMILES string of the molecule is Cc1cc(NC(=O)c2ccc(Cl)c(S(=O)(=O)C3(O)CC4CCC(C3)C4(O)CC(=O)NC[C@@H](C)O)c2)ccc1F. The summed E-state index contributed by atoms with van der Waals surface area (Å²) in [5.74, 6) is -2.89. The highest BCUT2D eigenvalue weighted by molar-refractivity contribution is 7.92. The summed E-state index contributed by atoms with van der Waals surface area (Å²) in [5.41, 5.74) is -0.892. The molecular weight excluding hydrogens is 551 g/mol. The molecule has 2 aliphatic rings. The number of sulfone groups is 1. The summed E-state index contributed by atoms with van der Waals surface area (Å²) < 4.78 is 41.1. The van der Waals surface area contributed by atoms with E-state index in [4.69, 9.17) is 11.6 Å². The van der Waals surface area contributed by atoms with Crippen molar-refractivity contribution in [1.82, 2.24) is 5.32 Å². The van der Waals surface area contributed by atoms with Crippen LogP contribution in [0.1, 0.15) is 54.9 Å². The molecular formula is C27H32ClFN2O7S. The summed E-state index contributed by atoms with van der Waals surface area (Å²) in [5, 5.41) is 37.2. The Kier molecular flexibility index (Phi) is 8.13. The molecule has 212 valence electrons. The fourth-order valence-electron chi connectivity index (χ4n) is 5.72. The number of halogens is 2. The molecule has 2 bridgehead atoms. The van der Waals surface area contributed by atoms with Gasteiger partial charge in [-0.1, -0.05) is 11.6 Å². The normalized spacial score (nSPS) is 27.2. The Morgan fingerprint density at radius 3 is 2.36 bits per heavy atom. The van der Waals surface area contributed by atoms with E-state index in [9.17, 15) is 37.7 Å². The van der Waals surface area contributed by atoms with Crippen LogP contribution in [0.3, 0.4) is 0 Å². The van der Waals surface area contributed by atoms with Crippen molar-refractivity contribution in [1.29, 1.82) is 0 Å². The first-order valence-electron chi connectivity index (χ1n) is 12.7. The lowest BCUT2D eigenvalue weighted by molar-refractivity contribution is -0.140. The Hall–Kier alpha value is -2.57. The number of anilines is 1. The molecule has 2 aromatic rings. The predicted octanol–water partition coefficient (Wildman–Crippen LogP) is 2.94. The Morgan fingerprint density at radius 2 is 1.77 bits per heavy atom. The fraction of sp³-hybridized carbons (Fsp3) is 0.481. The first-order chi connectivity index (χ1) is 18.2. The van der Waals surface area contributed by atoms with Gasteiger partial charge in [-0.25, -0.2) is 12.8 Å². The molecule has 0 saturated heterocycles. The lowest BCUT2D eigenvalue weighted by atomic mass is 9.71. The van der Waals surface area contributed by atoms with Crippen molar-refractivity contribution >= 4 is 38.9 Å². The average molecular weight is 583 g/mol. The summed E-state index contributed by atoms with van der Waals surface area (Å²) in [6, 6.07) is 7.70. The van der Waals surface area contributed by atoms with Gasteiger partial charge in [0.1, 0.15) is 5.82 Å². The number of carbonyl (C=O) groups is 2. The van der Waals surface area contributed by atoms with Gasteiger partial charge in [-0.05, 0) is 93.3 Å². The summed E-state index contributed by atoms with van der Waals surface area (Å²) in [7, 11) is -4.51. The summed E-state index contributed by atoms with van der Waals surface area (Å²) in [6.07, 6.45) is -0.804. The number of amides is 2. The first kappa shape index (κ1) is 29.4. The standard InChI is InChI=1S/C27H32ClFN2O7S/c1-15-9-20(6-8-22(15)29)31-25(34)17-3-7-21(28)23(10-17)39(37,38)26(35)11-18-4-5-19(12-26)27(18,36)13-24(33)30-14-16(2)32/h3,6-10,16,18-19,32,35-36H,4-5,11-14H2,1-2H3,(H,30,33)(H,31,34)/t16-,18?,19?,26?,27?/m1/s1. The summed E-state index contributed by atoms with van der Waals surface area (Å²) in [4.78, 5) is 22.6. The smallest absolute Gasteiger partial charge is 0.255 e. The molecule has 0 aromatic heterocycles. The van der Waals surface area contributed by atoms with Gasteiger partial charge in [0.2, 0.25) is 15.7 Å². The molecule has 5 N–H and O–H groups in total. The van der Waals surface area contributed by atoms with Crippen LogP contribution >= 0.6 is 11.6 Å². The fourth-order valence-corrected chi connectivity index (χ4v) is 8.00. The molecule has 2 unspecified atom stereocenters. The monoisotopic (exact) mass is 582 g/mol. The number of carbonyl (C=O) groups excluding carboxylic acids is 2. The zero-order valence-electron chi connectivity index (χ0n) is 21.6. The van der Waals surface area contributed by atoms with Gasteiger partial charge in [-0.2, -0.15) is 0 Å². The van der Waals surface area contributed by atoms with E-state index in [1.165, 1.54) is 37.3 Å². The maximum atomic E-state index is 13.8. The van der Waals surface area contributed by atoms with Crippen molar-refractivity contribution in [2.45, 2.75) is 67.5 Å². The Morgan fingerprint density at radius 1 is 1.13 bits per heavy atom. The second-order valence-corrected chi connectivity index (χ2v) is 13.3. The Labute approximate surface area is 231 Å². The third-order valence-electron chi connectivity index (χ3n) is 7.85. The number of rotatable bonds is 8. The van der Waals surface area contributed by atoms with E-state index in [-0.39, 0.29) is 36.4 Å². The number of fused-ring (bicyclic) bond motifs is 2. The molecule has 9 nitrogen and oxygen atoms in total. The van der Waals surface area contributed by atoms with E-state index in [2.05, 4.69) is 10.6 Å². The molecule has 3 atom stereocenters. The third-order valence-corrected chi connectivity index (χ3v) is 10.5. The van der Waals surface area contributed by atoms with Gasteiger partial charge in [0.15, 0.2) is 4.93 Å². The Bertz CT molecular complexity index is 1380. The van der Waals surface area contributed by atoms with Crippen molar-refractivity contribution in [3.05, 3.63) is 58.4 Å². The van der Waals surface area contributed by atoms with Gasteiger partial charge in [0.25, 0.3) is 5.91 Å². The first-order valence-corrected chi connectivity index (χ1v) is 14.5. The van der Waals surface area contributed by atoms with Crippen molar-refractivity contribution in [2.24, 2.45) is 11.8 Å². The predicted molar refractivity (Wildman–Crippen MR) is 142 cm³/mol. The Balaban J connectivity index is 1.56. The van der Waals surface area contributed by atoms with E-state index in [1.807, 2.05) is 0 Å². The maximum absolute atomic E-state index is 13.8. The van der Waals surface area contributed by atoms with Crippen LogP contribution in [0.4, 0.5) is 10.1 Å². The number of benzene rings is 2. The van der Waals surface area contributed by atoms with Crippen LogP contribution in [0.15, 0.2) is 41.3 Å². The number of aliphatic hydroxyl groups is 3. The highest BCUT2D eigenvalue weighted by Gasteiger charge is 2.62. The molecule has 0 radical (unpaired) electrons. The molecule has 2 aliphatic carbocycles. The van der Waals surface area contributed by atoms with E-state index >= 15 is 0 Å². The minimum atomic E-state index is -4.51.